The van der Waals surface area contributed by atoms with Crippen LogP contribution in [0, 0.1) is 13.8 Å². The molecule has 0 aliphatic heterocycles. The minimum Gasteiger partial charge on any atom is -0.281 e. The lowest BCUT2D eigenvalue weighted by atomic mass is 10.2. The molecule has 2 aromatic rings. The van der Waals surface area contributed by atoms with Gasteiger partial charge in [-0.25, -0.2) is 8.42 Å². The predicted octanol–water partition coefficient (Wildman–Crippen LogP) is 2.59. The number of anilines is 1. The first kappa shape index (κ1) is 13.1. The molecule has 1 heterocycles. The van der Waals surface area contributed by atoms with Gasteiger partial charge in [-0.2, -0.15) is 5.10 Å². The number of aryl methyl sites for hydroxylation is 2. The molecule has 2 N–H and O–H groups in total. The van der Waals surface area contributed by atoms with Gasteiger partial charge in [-0.1, -0.05) is 6.07 Å². The number of hydrogen-bond acceptors (Lipinski definition) is 3. The van der Waals surface area contributed by atoms with Crippen LogP contribution in [0.25, 0.3) is 0 Å². The number of nitrogens with zero attached hydrogens (tertiary/aromatic N) is 1. The van der Waals surface area contributed by atoms with Gasteiger partial charge >= 0.3 is 0 Å². The van der Waals surface area contributed by atoms with E-state index in [9.17, 15) is 8.42 Å². The molecule has 1 aromatic carbocycles. The van der Waals surface area contributed by atoms with Gasteiger partial charge in [0.15, 0.2) is 5.82 Å². The summed E-state index contributed by atoms with van der Waals surface area (Å²) < 4.78 is 27.2. The zero-order chi connectivity index (χ0) is 13.3. The molecule has 1 aromatic heterocycles. The van der Waals surface area contributed by atoms with Crippen molar-refractivity contribution in [2.75, 3.05) is 4.72 Å². The zero-order valence-electron chi connectivity index (χ0n) is 9.86. The van der Waals surface area contributed by atoms with E-state index in [-0.39, 0.29) is 10.7 Å². The Kier molecular flexibility index (Phi) is 3.45. The van der Waals surface area contributed by atoms with Crippen LogP contribution in [0.4, 0.5) is 5.82 Å². The number of H-pyrrole nitrogens is 1. The van der Waals surface area contributed by atoms with Crippen molar-refractivity contribution in [2.24, 2.45) is 0 Å². The Morgan fingerprint density at radius 1 is 1.28 bits per heavy atom. The predicted molar refractivity (Wildman–Crippen MR) is 73.0 cm³/mol. The lowest BCUT2D eigenvalue weighted by Crippen LogP contribution is -2.13. The van der Waals surface area contributed by atoms with E-state index in [2.05, 4.69) is 30.8 Å². The maximum absolute atomic E-state index is 12.1. The number of benzene rings is 1. The van der Waals surface area contributed by atoms with E-state index in [0.717, 1.165) is 11.3 Å². The molecule has 18 heavy (non-hydrogen) atoms. The van der Waals surface area contributed by atoms with Crippen LogP contribution in [0.1, 0.15) is 11.3 Å². The Morgan fingerprint density at radius 2 is 2.00 bits per heavy atom. The minimum absolute atomic E-state index is 0.189. The summed E-state index contributed by atoms with van der Waals surface area (Å²) >= 11 is 3.25. The van der Waals surface area contributed by atoms with Gasteiger partial charge in [-0.3, -0.25) is 9.82 Å². The third-order valence-electron chi connectivity index (χ3n) is 2.32. The van der Waals surface area contributed by atoms with Gasteiger partial charge in [-0.15, -0.1) is 0 Å². The quantitative estimate of drug-likeness (QED) is 0.908. The fourth-order valence-electron chi connectivity index (χ4n) is 1.49. The number of sulfonamides is 1. The maximum atomic E-state index is 12.1. The summed E-state index contributed by atoms with van der Waals surface area (Å²) in [6, 6.07) is 6.68. The van der Waals surface area contributed by atoms with E-state index < -0.39 is 10.0 Å². The van der Waals surface area contributed by atoms with Crippen LogP contribution in [0.3, 0.4) is 0 Å². The molecule has 0 aliphatic carbocycles. The molecule has 0 unspecified atom stereocenters. The molecule has 96 valence electrons. The Balaban J connectivity index is 2.36. The SMILES string of the molecule is Cc1ccc(S(=O)(=O)Nc2cc(C)[nH]n2)c(Br)c1. The van der Waals surface area contributed by atoms with Crippen molar-refractivity contribution in [3.63, 3.8) is 0 Å². The number of hydrogen-bond donors (Lipinski definition) is 2. The Bertz CT molecular complexity index is 679. The Morgan fingerprint density at radius 3 is 2.56 bits per heavy atom. The van der Waals surface area contributed by atoms with Gasteiger partial charge in [0.2, 0.25) is 0 Å². The second kappa shape index (κ2) is 4.74. The van der Waals surface area contributed by atoms with E-state index in [1.165, 1.54) is 0 Å². The van der Waals surface area contributed by atoms with Gasteiger partial charge < -0.3 is 0 Å². The van der Waals surface area contributed by atoms with Crippen molar-refractivity contribution in [1.29, 1.82) is 0 Å². The fourth-order valence-corrected chi connectivity index (χ4v) is 3.67. The lowest BCUT2D eigenvalue weighted by Gasteiger charge is -2.07. The van der Waals surface area contributed by atoms with Gasteiger partial charge in [0.1, 0.15) is 4.90 Å². The van der Waals surface area contributed by atoms with E-state index in [4.69, 9.17) is 0 Å². The van der Waals surface area contributed by atoms with Crippen molar-refractivity contribution in [3.05, 3.63) is 40.0 Å². The second-order valence-electron chi connectivity index (χ2n) is 3.98. The average Bonchev–Trinajstić information content (AvgIpc) is 2.62. The Labute approximate surface area is 114 Å². The standard InChI is InChI=1S/C11H12BrN3O2S/c1-7-3-4-10(9(12)5-7)18(16,17)15-11-6-8(2)13-14-11/h3-6H,1-2H3,(H2,13,14,15). The average molecular weight is 330 g/mol. The number of nitrogens with one attached hydrogen (secondary N) is 2. The molecule has 0 aliphatic rings. The van der Waals surface area contributed by atoms with E-state index in [1.54, 1.807) is 31.2 Å². The summed E-state index contributed by atoms with van der Waals surface area (Å²) in [5, 5.41) is 6.52. The molecule has 0 amide bonds. The molecular formula is C11H12BrN3O2S. The summed E-state index contributed by atoms with van der Waals surface area (Å²) in [6.07, 6.45) is 0. The number of rotatable bonds is 3. The summed E-state index contributed by atoms with van der Waals surface area (Å²) in [4.78, 5) is 0.189. The van der Waals surface area contributed by atoms with Gasteiger partial charge in [0.25, 0.3) is 10.0 Å². The van der Waals surface area contributed by atoms with Crippen LogP contribution >= 0.6 is 15.9 Å². The van der Waals surface area contributed by atoms with Crippen molar-refractivity contribution < 1.29 is 8.42 Å². The van der Waals surface area contributed by atoms with Crippen molar-refractivity contribution in [3.8, 4) is 0 Å². The highest BCUT2D eigenvalue weighted by atomic mass is 79.9. The highest BCUT2D eigenvalue weighted by molar-refractivity contribution is 9.10. The molecule has 0 saturated heterocycles. The van der Waals surface area contributed by atoms with E-state index in [1.807, 2.05) is 6.92 Å². The molecule has 0 radical (unpaired) electrons. The smallest absolute Gasteiger partial charge is 0.264 e. The monoisotopic (exact) mass is 329 g/mol. The topological polar surface area (TPSA) is 74.8 Å². The summed E-state index contributed by atoms with van der Waals surface area (Å²) in [7, 11) is -3.63. The molecular weight excluding hydrogens is 318 g/mol. The van der Waals surface area contributed by atoms with Crippen LogP contribution in [0.15, 0.2) is 33.6 Å². The van der Waals surface area contributed by atoms with Crippen LogP contribution in [0.2, 0.25) is 0 Å². The van der Waals surface area contributed by atoms with Gasteiger partial charge in [-0.05, 0) is 47.5 Å². The van der Waals surface area contributed by atoms with Crippen molar-refractivity contribution in [1.82, 2.24) is 10.2 Å². The van der Waals surface area contributed by atoms with Crippen LogP contribution in [-0.4, -0.2) is 18.6 Å². The first-order chi connectivity index (χ1) is 8.38. The van der Waals surface area contributed by atoms with Crippen molar-refractivity contribution in [2.45, 2.75) is 18.7 Å². The molecule has 0 saturated carbocycles. The summed E-state index contributed by atoms with van der Waals surface area (Å²) in [5.74, 6) is 0.278. The minimum atomic E-state index is -3.63. The van der Waals surface area contributed by atoms with Gasteiger partial charge in [0.05, 0.1) is 0 Å². The second-order valence-corrected chi connectivity index (χ2v) is 6.48. The molecule has 0 fully saturated rings. The summed E-state index contributed by atoms with van der Waals surface area (Å²) in [5.41, 5.74) is 1.77. The fraction of sp³-hybridized carbons (Fsp3) is 0.182. The first-order valence-electron chi connectivity index (χ1n) is 5.19. The number of aromatic amines is 1. The maximum Gasteiger partial charge on any atom is 0.264 e. The van der Waals surface area contributed by atoms with Gasteiger partial charge in [0, 0.05) is 16.2 Å². The molecule has 0 bridgehead atoms. The molecule has 7 heteroatoms. The summed E-state index contributed by atoms with van der Waals surface area (Å²) in [6.45, 7) is 3.69. The molecule has 0 spiro atoms. The third-order valence-corrected chi connectivity index (χ3v) is 4.65. The Hall–Kier alpha value is -1.34. The molecule has 5 nitrogen and oxygen atoms in total. The molecule has 0 atom stereocenters. The first-order valence-corrected chi connectivity index (χ1v) is 7.47. The van der Waals surface area contributed by atoms with Crippen LogP contribution < -0.4 is 4.72 Å². The largest absolute Gasteiger partial charge is 0.281 e. The zero-order valence-corrected chi connectivity index (χ0v) is 12.3. The third kappa shape index (κ3) is 2.73. The molecule has 2 rings (SSSR count). The number of aromatic nitrogens is 2. The number of halogens is 1. The van der Waals surface area contributed by atoms with E-state index in [0.29, 0.717) is 4.47 Å². The lowest BCUT2D eigenvalue weighted by molar-refractivity contribution is 0.600. The normalized spacial score (nSPS) is 11.5. The van der Waals surface area contributed by atoms with Crippen LogP contribution in [-0.2, 0) is 10.0 Å². The highest BCUT2D eigenvalue weighted by Gasteiger charge is 2.18. The highest BCUT2D eigenvalue weighted by Crippen LogP contribution is 2.24. The van der Waals surface area contributed by atoms with E-state index >= 15 is 0 Å². The van der Waals surface area contributed by atoms with Crippen molar-refractivity contribution >= 4 is 31.8 Å². The van der Waals surface area contributed by atoms with Crippen LogP contribution in [0.5, 0.6) is 0 Å².